The van der Waals surface area contributed by atoms with Crippen molar-refractivity contribution in [3.8, 4) is 0 Å². The van der Waals surface area contributed by atoms with E-state index < -0.39 is 0 Å². The zero-order valence-corrected chi connectivity index (χ0v) is 15.4. The zero-order valence-electron chi connectivity index (χ0n) is 13.8. The van der Waals surface area contributed by atoms with E-state index >= 15 is 0 Å². The molecule has 5 nitrogen and oxygen atoms in total. The van der Waals surface area contributed by atoms with E-state index in [-0.39, 0.29) is 5.91 Å². The number of aromatic nitrogens is 2. The number of nitrogens with zero attached hydrogens (tertiary/aromatic N) is 2. The van der Waals surface area contributed by atoms with Crippen molar-refractivity contribution in [2.24, 2.45) is 0 Å². The molecular formula is C18H18ClN3O2S. The molecule has 0 radical (unpaired) electrons. The third kappa shape index (κ3) is 3.85. The van der Waals surface area contributed by atoms with Gasteiger partial charge in [0.1, 0.15) is 11.5 Å². The van der Waals surface area contributed by atoms with Gasteiger partial charge in [0.2, 0.25) is 5.91 Å². The lowest BCUT2D eigenvalue weighted by Gasteiger charge is -2.20. The number of thioether (sulfide) groups is 1. The number of H-pyrrole nitrogens is 1. The van der Waals surface area contributed by atoms with Crippen LogP contribution < -0.4 is 0 Å². The van der Waals surface area contributed by atoms with Crippen molar-refractivity contribution in [3.63, 3.8) is 0 Å². The zero-order chi connectivity index (χ0) is 17.4. The van der Waals surface area contributed by atoms with Gasteiger partial charge in [-0.1, -0.05) is 23.4 Å². The Kier molecular flexibility index (Phi) is 4.48. The maximum Gasteiger partial charge on any atom is 0.233 e. The Labute approximate surface area is 154 Å². The predicted octanol–water partition coefficient (Wildman–Crippen LogP) is 4.40. The first-order valence-electron chi connectivity index (χ1n) is 8.21. The van der Waals surface area contributed by atoms with Crippen molar-refractivity contribution in [3.05, 3.63) is 46.9 Å². The molecule has 0 saturated heterocycles. The molecule has 130 valence electrons. The van der Waals surface area contributed by atoms with Crippen LogP contribution in [0.15, 0.2) is 39.9 Å². The molecular weight excluding hydrogens is 358 g/mol. The minimum absolute atomic E-state index is 0.111. The molecule has 0 aliphatic heterocycles. The number of amides is 1. The van der Waals surface area contributed by atoms with Crippen molar-refractivity contribution in [2.45, 2.75) is 37.5 Å². The van der Waals surface area contributed by atoms with E-state index in [4.69, 9.17) is 16.0 Å². The van der Waals surface area contributed by atoms with Crippen LogP contribution in [0.5, 0.6) is 0 Å². The third-order valence-electron chi connectivity index (χ3n) is 4.18. The van der Waals surface area contributed by atoms with Gasteiger partial charge in [-0.2, -0.15) is 0 Å². The highest BCUT2D eigenvalue weighted by Gasteiger charge is 2.33. The molecule has 3 aromatic rings. The topological polar surface area (TPSA) is 62.1 Å². The molecule has 2 aromatic heterocycles. The van der Waals surface area contributed by atoms with Crippen molar-refractivity contribution < 1.29 is 9.21 Å². The second kappa shape index (κ2) is 6.77. The molecule has 0 atom stereocenters. The van der Waals surface area contributed by atoms with E-state index in [0.29, 0.717) is 23.4 Å². The summed E-state index contributed by atoms with van der Waals surface area (Å²) < 4.78 is 5.62. The molecule has 1 aliphatic rings. The Morgan fingerprint density at radius 3 is 2.96 bits per heavy atom. The molecule has 2 heterocycles. The van der Waals surface area contributed by atoms with Gasteiger partial charge in [-0.25, -0.2) is 4.98 Å². The largest absolute Gasteiger partial charge is 0.464 e. The molecule has 1 saturated carbocycles. The lowest BCUT2D eigenvalue weighted by molar-refractivity contribution is -0.129. The molecule has 1 N–H and O–H groups in total. The van der Waals surface area contributed by atoms with Gasteiger partial charge >= 0.3 is 0 Å². The molecule has 0 spiro atoms. The average Bonchev–Trinajstić information content (AvgIpc) is 3.22. The minimum atomic E-state index is 0.111. The fourth-order valence-corrected chi connectivity index (χ4v) is 3.73. The fraction of sp³-hybridized carbons (Fsp3) is 0.333. The van der Waals surface area contributed by atoms with Gasteiger partial charge in [-0.3, -0.25) is 4.79 Å². The number of rotatable bonds is 6. The van der Waals surface area contributed by atoms with Crippen LogP contribution in [0.25, 0.3) is 11.0 Å². The van der Waals surface area contributed by atoms with Crippen LogP contribution in [0.3, 0.4) is 0 Å². The summed E-state index contributed by atoms with van der Waals surface area (Å²) in [5, 5.41) is 1.40. The summed E-state index contributed by atoms with van der Waals surface area (Å²) in [6, 6.07) is 9.73. The number of carbonyl (C=O) groups is 1. The summed E-state index contributed by atoms with van der Waals surface area (Å²) in [6.45, 7) is 2.45. The smallest absolute Gasteiger partial charge is 0.233 e. The molecule has 0 unspecified atom stereocenters. The van der Waals surface area contributed by atoms with Crippen LogP contribution in [-0.4, -0.2) is 32.6 Å². The number of imidazole rings is 1. The van der Waals surface area contributed by atoms with Crippen LogP contribution in [-0.2, 0) is 11.3 Å². The van der Waals surface area contributed by atoms with Crippen LogP contribution in [0.2, 0.25) is 5.02 Å². The van der Waals surface area contributed by atoms with Crippen molar-refractivity contribution in [1.29, 1.82) is 0 Å². The highest BCUT2D eigenvalue weighted by atomic mass is 35.5. The number of carbonyl (C=O) groups excluding carboxylic acids is 1. The van der Waals surface area contributed by atoms with E-state index in [2.05, 4.69) is 9.97 Å². The molecule has 1 aromatic carbocycles. The monoisotopic (exact) mass is 375 g/mol. The summed E-state index contributed by atoms with van der Waals surface area (Å²) in [4.78, 5) is 22.3. The first-order chi connectivity index (χ1) is 12.1. The molecule has 4 rings (SSSR count). The maximum absolute atomic E-state index is 12.7. The highest BCUT2D eigenvalue weighted by molar-refractivity contribution is 7.99. The number of furan rings is 1. The Hall–Kier alpha value is -1.92. The molecule has 0 bridgehead atoms. The number of hydrogen-bond donors (Lipinski definition) is 1. The van der Waals surface area contributed by atoms with E-state index in [0.717, 1.165) is 40.6 Å². The third-order valence-corrected chi connectivity index (χ3v) is 5.28. The number of hydrogen-bond acceptors (Lipinski definition) is 4. The quantitative estimate of drug-likeness (QED) is 0.648. The predicted molar refractivity (Wildman–Crippen MR) is 98.8 cm³/mol. The number of halogens is 1. The first kappa shape index (κ1) is 16.5. The van der Waals surface area contributed by atoms with Gasteiger partial charge in [0.25, 0.3) is 0 Å². The second-order valence-electron chi connectivity index (χ2n) is 6.26. The van der Waals surface area contributed by atoms with Gasteiger partial charge in [0.15, 0.2) is 5.16 Å². The Balaban J connectivity index is 1.42. The Morgan fingerprint density at radius 1 is 1.40 bits per heavy atom. The molecule has 1 fully saturated rings. The normalized spacial score (nSPS) is 14.2. The van der Waals surface area contributed by atoms with E-state index in [9.17, 15) is 4.79 Å². The Morgan fingerprint density at radius 2 is 2.24 bits per heavy atom. The average molecular weight is 376 g/mol. The van der Waals surface area contributed by atoms with Crippen molar-refractivity contribution in [1.82, 2.24) is 14.9 Å². The van der Waals surface area contributed by atoms with Crippen molar-refractivity contribution in [2.75, 3.05) is 5.75 Å². The Bertz CT molecular complexity index is 916. The van der Waals surface area contributed by atoms with Gasteiger partial charge in [0.05, 0.1) is 23.3 Å². The second-order valence-corrected chi connectivity index (χ2v) is 7.66. The number of aryl methyl sites for hydroxylation is 1. The minimum Gasteiger partial charge on any atom is -0.464 e. The molecule has 1 amide bonds. The summed E-state index contributed by atoms with van der Waals surface area (Å²) in [7, 11) is 0. The lowest BCUT2D eigenvalue weighted by atomic mass is 10.3. The van der Waals surface area contributed by atoms with Gasteiger partial charge in [0, 0.05) is 11.1 Å². The number of nitrogens with one attached hydrogen (secondary N) is 1. The van der Waals surface area contributed by atoms with Gasteiger partial charge in [-0.05, 0) is 50.1 Å². The molecule has 1 aliphatic carbocycles. The van der Waals surface area contributed by atoms with E-state index in [1.165, 1.54) is 11.8 Å². The van der Waals surface area contributed by atoms with Gasteiger partial charge in [-0.15, -0.1) is 0 Å². The van der Waals surface area contributed by atoms with Crippen LogP contribution >= 0.6 is 23.4 Å². The van der Waals surface area contributed by atoms with Gasteiger partial charge < -0.3 is 14.3 Å². The van der Waals surface area contributed by atoms with Crippen molar-refractivity contribution >= 4 is 40.3 Å². The highest BCUT2D eigenvalue weighted by Crippen LogP contribution is 2.30. The summed E-state index contributed by atoms with van der Waals surface area (Å²) >= 11 is 7.41. The summed E-state index contributed by atoms with van der Waals surface area (Å²) in [5.74, 6) is 2.17. The van der Waals surface area contributed by atoms with Crippen LogP contribution in [0, 0.1) is 6.92 Å². The molecule has 25 heavy (non-hydrogen) atoms. The number of aromatic amines is 1. The number of benzene rings is 1. The maximum atomic E-state index is 12.7. The summed E-state index contributed by atoms with van der Waals surface area (Å²) in [6.07, 6.45) is 2.14. The molecule has 7 heteroatoms. The number of fused-ring (bicyclic) bond motifs is 1. The van der Waals surface area contributed by atoms with Crippen LogP contribution in [0.4, 0.5) is 0 Å². The van der Waals surface area contributed by atoms with Crippen LogP contribution in [0.1, 0.15) is 24.4 Å². The first-order valence-corrected chi connectivity index (χ1v) is 9.58. The lowest BCUT2D eigenvalue weighted by Crippen LogP contribution is -2.33. The standard InChI is InChI=1S/C18H18ClN3O2S/c1-11-2-6-14(24-11)9-22(13-4-5-13)17(23)10-25-18-20-15-7-3-12(19)8-16(15)21-18/h2-3,6-8,13H,4-5,9-10H2,1H3,(H,20,21). The summed E-state index contributed by atoms with van der Waals surface area (Å²) in [5.41, 5.74) is 1.73. The van der Waals surface area contributed by atoms with E-state index in [1.54, 1.807) is 0 Å². The SMILES string of the molecule is Cc1ccc(CN(C(=O)CSc2nc3ccc(Cl)cc3[nH]2)C2CC2)o1. The van der Waals surface area contributed by atoms with E-state index in [1.807, 2.05) is 42.2 Å². The fourth-order valence-electron chi connectivity index (χ4n) is 2.78.